The Balaban J connectivity index is 1.86. The van der Waals surface area contributed by atoms with Crippen LogP contribution >= 0.6 is 0 Å². The van der Waals surface area contributed by atoms with Crippen molar-refractivity contribution in [3.8, 4) is 0 Å². The molecular formula is C14H29NO. The fourth-order valence-electron chi connectivity index (χ4n) is 2.21. The minimum Gasteiger partial charge on any atom is -0.378 e. The molecule has 0 heterocycles. The average Bonchev–Trinajstić information content (AvgIpc) is 2.11. The van der Waals surface area contributed by atoms with Gasteiger partial charge in [-0.25, -0.2) is 0 Å². The van der Waals surface area contributed by atoms with Crippen molar-refractivity contribution in [2.24, 2.45) is 5.92 Å². The topological polar surface area (TPSA) is 21.3 Å². The zero-order valence-corrected chi connectivity index (χ0v) is 11.5. The summed E-state index contributed by atoms with van der Waals surface area (Å²) in [5.41, 5.74) is 0. The third kappa shape index (κ3) is 5.86. The van der Waals surface area contributed by atoms with Gasteiger partial charge in [-0.2, -0.15) is 0 Å². The van der Waals surface area contributed by atoms with Crippen molar-refractivity contribution in [3.05, 3.63) is 0 Å². The fraction of sp³-hybridized carbons (Fsp3) is 1.00. The summed E-state index contributed by atoms with van der Waals surface area (Å²) in [5, 5.41) is 3.55. The monoisotopic (exact) mass is 227 g/mol. The lowest BCUT2D eigenvalue weighted by molar-refractivity contribution is -0.0195. The Bertz CT molecular complexity index is 174. The van der Waals surface area contributed by atoms with Crippen molar-refractivity contribution in [3.63, 3.8) is 0 Å². The van der Waals surface area contributed by atoms with Crippen LogP contribution in [0.5, 0.6) is 0 Å². The van der Waals surface area contributed by atoms with Gasteiger partial charge in [-0.3, -0.25) is 0 Å². The SMILES string of the molecule is CC(C)CCCCOC1CC(NC(C)C)C1. The molecule has 0 bridgehead atoms. The quantitative estimate of drug-likeness (QED) is 0.642. The molecule has 96 valence electrons. The summed E-state index contributed by atoms with van der Waals surface area (Å²) in [4.78, 5) is 0. The summed E-state index contributed by atoms with van der Waals surface area (Å²) in [7, 11) is 0. The van der Waals surface area contributed by atoms with Crippen LogP contribution in [0.4, 0.5) is 0 Å². The Hall–Kier alpha value is -0.0800. The fourth-order valence-corrected chi connectivity index (χ4v) is 2.21. The van der Waals surface area contributed by atoms with Gasteiger partial charge in [0.15, 0.2) is 0 Å². The predicted octanol–water partition coefficient (Wildman–Crippen LogP) is 3.36. The van der Waals surface area contributed by atoms with Crippen molar-refractivity contribution in [2.45, 2.75) is 78.0 Å². The summed E-state index contributed by atoms with van der Waals surface area (Å²) < 4.78 is 5.83. The highest BCUT2D eigenvalue weighted by atomic mass is 16.5. The number of hydrogen-bond donors (Lipinski definition) is 1. The van der Waals surface area contributed by atoms with Crippen LogP contribution in [-0.2, 0) is 4.74 Å². The molecule has 2 nitrogen and oxygen atoms in total. The van der Waals surface area contributed by atoms with Gasteiger partial charge in [0.05, 0.1) is 6.10 Å². The molecule has 1 N–H and O–H groups in total. The van der Waals surface area contributed by atoms with Gasteiger partial charge in [0.25, 0.3) is 0 Å². The summed E-state index contributed by atoms with van der Waals surface area (Å²) >= 11 is 0. The molecule has 1 rings (SSSR count). The standard InChI is InChI=1S/C14H29NO/c1-11(2)7-5-6-8-16-14-9-13(10-14)15-12(3)4/h11-15H,5-10H2,1-4H3. The molecule has 0 radical (unpaired) electrons. The van der Waals surface area contributed by atoms with Crippen LogP contribution in [0.2, 0.25) is 0 Å². The van der Waals surface area contributed by atoms with Crippen LogP contribution < -0.4 is 5.32 Å². The van der Waals surface area contributed by atoms with E-state index in [2.05, 4.69) is 33.0 Å². The molecule has 1 aliphatic carbocycles. The summed E-state index contributed by atoms with van der Waals surface area (Å²) in [6, 6.07) is 1.32. The number of unbranched alkanes of at least 4 members (excludes halogenated alkanes) is 1. The van der Waals surface area contributed by atoms with Crippen LogP contribution in [0.1, 0.15) is 59.8 Å². The van der Waals surface area contributed by atoms with Crippen molar-refractivity contribution in [2.75, 3.05) is 6.61 Å². The van der Waals surface area contributed by atoms with Crippen molar-refractivity contribution < 1.29 is 4.74 Å². The molecule has 2 heteroatoms. The maximum atomic E-state index is 5.83. The van der Waals surface area contributed by atoms with Gasteiger partial charge in [-0.05, 0) is 25.2 Å². The average molecular weight is 227 g/mol. The predicted molar refractivity (Wildman–Crippen MR) is 69.7 cm³/mol. The highest BCUT2D eigenvalue weighted by Gasteiger charge is 2.29. The summed E-state index contributed by atoms with van der Waals surface area (Å²) in [5.74, 6) is 0.836. The van der Waals surface area contributed by atoms with E-state index in [1.165, 1.54) is 32.1 Å². The molecule has 1 fully saturated rings. The van der Waals surface area contributed by atoms with Gasteiger partial charge in [-0.15, -0.1) is 0 Å². The van der Waals surface area contributed by atoms with Crippen molar-refractivity contribution in [1.29, 1.82) is 0 Å². The van der Waals surface area contributed by atoms with E-state index in [-0.39, 0.29) is 0 Å². The van der Waals surface area contributed by atoms with Crippen LogP contribution in [-0.4, -0.2) is 24.8 Å². The molecule has 1 saturated carbocycles. The Morgan fingerprint density at radius 1 is 1.12 bits per heavy atom. The lowest BCUT2D eigenvalue weighted by Crippen LogP contribution is -2.47. The van der Waals surface area contributed by atoms with E-state index in [1.807, 2.05) is 0 Å². The first-order valence-corrected chi connectivity index (χ1v) is 6.95. The highest BCUT2D eigenvalue weighted by molar-refractivity contribution is 4.86. The Kier molecular flexibility index (Phi) is 6.37. The molecule has 0 aliphatic heterocycles. The molecule has 0 atom stereocenters. The van der Waals surface area contributed by atoms with Crippen LogP contribution in [0, 0.1) is 5.92 Å². The van der Waals surface area contributed by atoms with E-state index >= 15 is 0 Å². The van der Waals surface area contributed by atoms with E-state index in [9.17, 15) is 0 Å². The Labute approximate surface area is 101 Å². The Morgan fingerprint density at radius 3 is 2.38 bits per heavy atom. The van der Waals surface area contributed by atoms with Crippen LogP contribution in [0.25, 0.3) is 0 Å². The number of ether oxygens (including phenoxy) is 1. The molecule has 0 amide bonds. The third-order valence-corrected chi connectivity index (χ3v) is 3.19. The zero-order valence-electron chi connectivity index (χ0n) is 11.5. The van der Waals surface area contributed by atoms with Crippen LogP contribution in [0.15, 0.2) is 0 Å². The molecule has 16 heavy (non-hydrogen) atoms. The maximum Gasteiger partial charge on any atom is 0.0604 e. The van der Waals surface area contributed by atoms with E-state index in [0.717, 1.165) is 12.5 Å². The minimum atomic E-state index is 0.537. The van der Waals surface area contributed by atoms with Gasteiger partial charge in [0.2, 0.25) is 0 Å². The lowest BCUT2D eigenvalue weighted by Gasteiger charge is -2.37. The van der Waals surface area contributed by atoms with E-state index in [4.69, 9.17) is 4.74 Å². The first-order valence-electron chi connectivity index (χ1n) is 6.95. The number of rotatable bonds is 8. The smallest absolute Gasteiger partial charge is 0.0604 e. The molecule has 0 aromatic heterocycles. The molecule has 1 aliphatic rings. The molecular weight excluding hydrogens is 198 g/mol. The molecule has 0 unspecified atom stereocenters. The van der Waals surface area contributed by atoms with E-state index < -0.39 is 0 Å². The van der Waals surface area contributed by atoms with Crippen molar-refractivity contribution in [1.82, 2.24) is 5.32 Å². The highest BCUT2D eigenvalue weighted by Crippen LogP contribution is 2.24. The molecule has 0 spiro atoms. The third-order valence-electron chi connectivity index (χ3n) is 3.19. The first kappa shape index (κ1) is 14.0. The normalized spacial score (nSPS) is 25.1. The van der Waals surface area contributed by atoms with Gasteiger partial charge in [0, 0.05) is 18.7 Å². The van der Waals surface area contributed by atoms with E-state index in [1.54, 1.807) is 0 Å². The van der Waals surface area contributed by atoms with E-state index in [0.29, 0.717) is 18.2 Å². The Morgan fingerprint density at radius 2 is 1.81 bits per heavy atom. The van der Waals surface area contributed by atoms with Gasteiger partial charge in [-0.1, -0.05) is 40.5 Å². The largest absolute Gasteiger partial charge is 0.378 e. The second-order valence-corrected chi connectivity index (χ2v) is 5.87. The van der Waals surface area contributed by atoms with Crippen LogP contribution in [0.3, 0.4) is 0 Å². The second kappa shape index (κ2) is 7.29. The zero-order chi connectivity index (χ0) is 12.0. The molecule has 0 saturated heterocycles. The number of hydrogen-bond acceptors (Lipinski definition) is 2. The molecule has 0 aromatic rings. The summed E-state index contributed by atoms with van der Waals surface area (Å²) in [6.45, 7) is 9.95. The summed E-state index contributed by atoms with van der Waals surface area (Å²) in [6.07, 6.45) is 6.85. The minimum absolute atomic E-state index is 0.537. The first-order chi connectivity index (χ1) is 7.58. The van der Waals surface area contributed by atoms with Gasteiger partial charge < -0.3 is 10.1 Å². The number of nitrogens with one attached hydrogen (secondary N) is 1. The van der Waals surface area contributed by atoms with Gasteiger partial charge in [0.1, 0.15) is 0 Å². The molecule has 0 aromatic carbocycles. The lowest BCUT2D eigenvalue weighted by atomic mass is 9.89. The maximum absolute atomic E-state index is 5.83. The second-order valence-electron chi connectivity index (χ2n) is 5.87. The van der Waals surface area contributed by atoms with Crippen molar-refractivity contribution >= 4 is 0 Å². The van der Waals surface area contributed by atoms with Gasteiger partial charge >= 0.3 is 0 Å².